The third-order valence-corrected chi connectivity index (χ3v) is 3.25. The molecule has 0 radical (unpaired) electrons. The zero-order valence-electron chi connectivity index (χ0n) is 11.8. The van der Waals surface area contributed by atoms with Crippen LogP contribution in [0.4, 0.5) is 0 Å². The van der Waals surface area contributed by atoms with Gasteiger partial charge in [0.1, 0.15) is 11.3 Å². The van der Waals surface area contributed by atoms with Crippen molar-refractivity contribution in [1.82, 2.24) is 4.98 Å². The van der Waals surface area contributed by atoms with E-state index < -0.39 is 5.97 Å². The highest BCUT2D eigenvalue weighted by Crippen LogP contribution is 2.42. The fourth-order valence-electron chi connectivity index (χ4n) is 2.36. The summed E-state index contributed by atoms with van der Waals surface area (Å²) in [5.41, 5.74) is 1.01. The maximum atomic E-state index is 11.7. The number of carbonyl (C=O) groups excluding carboxylic acids is 1. The molecular weight excluding hydrogens is 274 g/mol. The number of fused-ring (bicyclic) bond motifs is 2. The maximum Gasteiger partial charge on any atom is 0.373 e. The second kappa shape index (κ2) is 4.97. The van der Waals surface area contributed by atoms with E-state index in [1.165, 1.54) is 14.2 Å². The standard InChI is InChI=1S/C15H13NO5/c1-18-12-8-5-4-6-16-11(8)14(19-2)13-9(12)7-10(21-13)15(17)20-3/h4-7H,1-3H3. The molecule has 0 saturated heterocycles. The predicted molar refractivity (Wildman–Crippen MR) is 76.0 cm³/mol. The van der Waals surface area contributed by atoms with E-state index >= 15 is 0 Å². The van der Waals surface area contributed by atoms with Crippen LogP contribution in [0.1, 0.15) is 10.6 Å². The van der Waals surface area contributed by atoms with Crippen LogP contribution in [-0.2, 0) is 4.74 Å². The zero-order valence-corrected chi connectivity index (χ0v) is 11.8. The first-order valence-electron chi connectivity index (χ1n) is 6.21. The van der Waals surface area contributed by atoms with Crippen molar-refractivity contribution in [2.24, 2.45) is 0 Å². The summed E-state index contributed by atoms with van der Waals surface area (Å²) in [5, 5.41) is 1.41. The van der Waals surface area contributed by atoms with Gasteiger partial charge in [0, 0.05) is 17.6 Å². The Labute approximate surface area is 120 Å². The maximum absolute atomic E-state index is 11.7. The number of hydrogen-bond donors (Lipinski definition) is 0. The molecule has 0 aliphatic heterocycles. The Bertz CT molecular complexity index is 776. The number of carbonyl (C=O) groups is 1. The molecule has 0 N–H and O–H groups in total. The summed E-state index contributed by atoms with van der Waals surface area (Å²) in [6.45, 7) is 0. The number of aromatic nitrogens is 1. The van der Waals surface area contributed by atoms with Crippen molar-refractivity contribution in [3.63, 3.8) is 0 Å². The van der Waals surface area contributed by atoms with E-state index in [9.17, 15) is 4.79 Å². The summed E-state index contributed by atoms with van der Waals surface area (Å²) in [7, 11) is 4.37. The van der Waals surface area contributed by atoms with Crippen molar-refractivity contribution in [2.75, 3.05) is 21.3 Å². The Morgan fingerprint density at radius 1 is 1.14 bits per heavy atom. The molecule has 0 aliphatic rings. The molecule has 21 heavy (non-hydrogen) atoms. The molecule has 0 fully saturated rings. The molecule has 0 unspecified atom stereocenters. The van der Waals surface area contributed by atoms with E-state index in [2.05, 4.69) is 9.72 Å². The van der Waals surface area contributed by atoms with Crippen LogP contribution >= 0.6 is 0 Å². The van der Waals surface area contributed by atoms with Gasteiger partial charge in [-0.15, -0.1) is 0 Å². The van der Waals surface area contributed by atoms with Crippen molar-refractivity contribution in [2.45, 2.75) is 0 Å². The monoisotopic (exact) mass is 287 g/mol. The first-order valence-corrected chi connectivity index (χ1v) is 6.21. The van der Waals surface area contributed by atoms with Crippen LogP contribution in [0.5, 0.6) is 11.5 Å². The van der Waals surface area contributed by atoms with Gasteiger partial charge in [-0.1, -0.05) is 0 Å². The van der Waals surface area contributed by atoms with Gasteiger partial charge in [-0.2, -0.15) is 0 Å². The molecule has 108 valence electrons. The molecule has 3 aromatic rings. The second-order valence-electron chi connectivity index (χ2n) is 4.31. The van der Waals surface area contributed by atoms with Crippen molar-refractivity contribution in [3.8, 4) is 11.5 Å². The number of methoxy groups -OCH3 is 3. The smallest absolute Gasteiger partial charge is 0.373 e. The number of nitrogens with zero attached hydrogens (tertiary/aromatic N) is 1. The quantitative estimate of drug-likeness (QED) is 0.690. The number of ether oxygens (including phenoxy) is 3. The number of rotatable bonds is 3. The molecule has 0 aliphatic carbocycles. The molecule has 3 rings (SSSR count). The Kier molecular flexibility index (Phi) is 3.13. The fourth-order valence-corrected chi connectivity index (χ4v) is 2.36. The molecule has 0 amide bonds. The molecule has 6 nitrogen and oxygen atoms in total. The van der Waals surface area contributed by atoms with E-state index in [1.54, 1.807) is 25.4 Å². The van der Waals surface area contributed by atoms with Crippen LogP contribution in [0.3, 0.4) is 0 Å². The van der Waals surface area contributed by atoms with Gasteiger partial charge in [-0.05, 0) is 12.1 Å². The third-order valence-electron chi connectivity index (χ3n) is 3.25. The predicted octanol–water partition coefficient (Wildman–Crippen LogP) is 2.78. The van der Waals surface area contributed by atoms with Gasteiger partial charge in [0.05, 0.1) is 26.7 Å². The average Bonchev–Trinajstić information content (AvgIpc) is 2.96. The second-order valence-corrected chi connectivity index (χ2v) is 4.31. The highest BCUT2D eigenvalue weighted by Gasteiger charge is 2.22. The Hall–Kier alpha value is -2.76. The third kappa shape index (κ3) is 1.87. The average molecular weight is 287 g/mol. The van der Waals surface area contributed by atoms with Crippen LogP contribution in [0.15, 0.2) is 28.8 Å². The van der Waals surface area contributed by atoms with E-state index in [0.717, 1.165) is 5.39 Å². The molecular formula is C15H13NO5. The van der Waals surface area contributed by atoms with Crippen molar-refractivity contribution < 1.29 is 23.4 Å². The van der Waals surface area contributed by atoms with Gasteiger partial charge in [0.2, 0.25) is 5.76 Å². The lowest BCUT2D eigenvalue weighted by molar-refractivity contribution is 0.0567. The minimum absolute atomic E-state index is 0.0828. The van der Waals surface area contributed by atoms with E-state index in [0.29, 0.717) is 28.0 Å². The minimum Gasteiger partial charge on any atom is -0.495 e. The zero-order chi connectivity index (χ0) is 15.0. The summed E-state index contributed by atoms with van der Waals surface area (Å²) in [5.74, 6) is 0.552. The van der Waals surface area contributed by atoms with Gasteiger partial charge in [-0.25, -0.2) is 4.79 Å². The normalized spacial score (nSPS) is 10.8. The number of hydrogen-bond acceptors (Lipinski definition) is 6. The summed E-state index contributed by atoms with van der Waals surface area (Å²) >= 11 is 0. The van der Waals surface area contributed by atoms with Gasteiger partial charge in [0.25, 0.3) is 0 Å². The van der Waals surface area contributed by atoms with Crippen LogP contribution in [0, 0.1) is 0 Å². The molecule has 0 spiro atoms. The van der Waals surface area contributed by atoms with E-state index in [4.69, 9.17) is 13.9 Å². The number of pyridine rings is 1. The molecule has 6 heteroatoms. The van der Waals surface area contributed by atoms with Gasteiger partial charge in [-0.3, -0.25) is 4.98 Å². The summed E-state index contributed by atoms with van der Waals surface area (Å²) in [4.78, 5) is 16.0. The molecule has 0 bridgehead atoms. The highest BCUT2D eigenvalue weighted by atomic mass is 16.5. The summed E-state index contributed by atoms with van der Waals surface area (Å²) in [6, 6.07) is 5.25. The highest BCUT2D eigenvalue weighted by molar-refractivity contribution is 6.09. The van der Waals surface area contributed by atoms with Gasteiger partial charge in [0.15, 0.2) is 11.3 Å². The molecule has 2 heterocycles. The fraction of sp³-hybridized carbons (Fsp3) is 0.200. The van der Waals surface area contributed by atoms with Gasteiger partial charge < -0.3 is 18.6 Å². The SMILES string of the molecule is COC(=O)c1cc2c(OC)c3cccnc3c(OC)c2o1. The first-order chi connectivity index (χ1) is 10.2. The molecule has 1 aromatic carbocycles. The van der Waals surface area contributed by atoms with Crippen molar-refractivity contribution in [1.29, 1.82) is 0 Å². The first kappa shape index (κ1) is 13.2. The lowest BCUT2D eigenvalue weighted by Gasteiger charge is -2.10. The van der Waals surface area contributed by atoms with Crippen LogP contribution in [0.2, 0.25) is 0 Å². The van der Waals surface area contributed by atoms with E-state index in [1.807, 2.05) is 6.07 Å². The number of benzene rings is 1. The van der Waals surface area contributed by atoms with Crippen LogP contribution in [-0.4, -0.2) is 32.3 Å². The lowest BCUT2D eigenvalue weighted by atomic mass is 10.1. The molecule has 0 saturated carbocycles. The molecule has 2 aromatic heterocycles. The Morgan fingerprint density at radius 2 is 1.90 bits per heavy atom. The van der Waals surface area contributed by atoms with Crippen LogP contribution < -0.4 is 9.47 Å². The van der Waals surface area contributed by atoms with E-state index in [-0.39, 0.29) is 5.76 Å². The van der Waals surface area contributed by atoms with Crippen LogP contribution in [0.25, 0.3) is 21.9 Å². The Balaban J connectivity index is 2.47. The summed E-state index contributed by atoms with van der Waals surface area (Å²) in [6.07, 6.45) is 1.65. The molecule has 0 atom stereocenters. The lowest BCUT2D eigenvalue weighted by Crippen LogP contribution is -1.98. The number of esters is 1. The summed E-state index contributed by atoms with van der Waals surface area (Å²) < 4.78 is 21.1. The largest absolute Gasteiger partial charge is 0.495 e. The number of furan rings is 1. The Morgan fingerprint density at radius 3 is 2.57 bits per heavy atom. The van der Waals surface area contributed by atoms with Crippen molar-refractivity contribution in [3.05, 3.63) is 30.2 Å². The minimum atomic E-state index is -0.563. The van der Waals surface area contributed by atoms with Crippen molar-refractivity contribution >= 4 is 27.8 Å². The van der Waals surface area contributed by atoms with Gasteiger partial charge >= 0.3 is 5.97 Å². The topological polar surface area (TPSA) is 70.8 Å².